The number of nitrogens with one attached hydrogen (secondary N) is 1. The third-order valence-corrected chi connectivity index (χ3v) is 5.38. The first kappa shape index (κ1) is 16.1. The normalized spacial score (nSPS) is 22.9. The van der Waals surface area contributed by atoms with Gasteiger partial charge in [0.15, 0.2) is 0 Å². The maximum absolute atomic E-state index is 4.27. The molecule has 0 radical (unpaired) electrons. The number of anilines is 2. The average molecular weight is 289 g/mol. The molecular weight excluding hydrogens is 258 g/mol. The number of pyridine rings is 1. The Labute approximate surface area is 130 Å². The lowest BCUT2D eigenvalue weighted by Crippen LogP contribution is -2.33. The maximum Gasteiger partial charge on any atom is 0.0766 e. The van der Waals surface area contributed by atoms with Gasteiger partial charge in [-0.05, 0) is 43.1 Å². The summed E-state index contributed by atoms with van der Waals surface area (Å²) in [5.41, 5.74) is 2.88. The highest BCUT2D eigenvalue weighted by Crippen LogP contribution is 2.41. The van der Waals surface area contributed by atoms with Crippen LogP contribution in [-0.2, 0) is 0 Å². The van der Waals surface area contributed by atoms with Gasteiger partial charge in [-0.3, -0.25) is 4.98 Å². The number of aromatic nitrogens is 1. The summed E-state index contributed by atoms with van der Waals surface area (Å²) in [6.45, 7) is 7.18. The summed E-state index contributed by atoms with van der Waals surface area (Å²) in [6, 6.07) is 2.67. The molecule has 2 rings (SSSR count). The van der Waals surface area contributed by atoms with Crippen LogP contribution in [0.25, 0.3) is 0 Å². The first-order valence-corrected chi connectivity index (χ1v) is 8.32. The highest BCUT2D eigenvalue weighted by molar-refractivity contribution is 5.68. The SMILES string of the molecule is CCC(C)(C)C1CCC(Nc2cnccc2N(C)C)CC1. The predicted molar refractivity (Wildman–Crippen MR) is 92.0 cm³/mol. The molecule has 0 aliphatic heterocycles. The van der Waals surface area contributed by atoms with Gasteiger partial charge in [-0.1, -0.05) is 27.2 Å². The van der Waals surface area contributed by atoms with E-state index in [0.29, 0.717) is 11.5 Å². The molecule has 0 amide bonds. The van der Waals surface area contributed by atoms with Crippen LogP contribution in [0.2, 0.25) is 0 Å². The van der Waals surface area contributed by atoms with Crippen LogP contribution in [0.5, 0.6) is 0 Å². The summed E-state index contributed by atoms with van der Waals surface area (Å²) in [6.07, 6.45) is 10.3. The van der Waals surface area contributed by atoms with Crippen molar-refractivity contribution in [3.63, 3.8) is 0 Å². The van der Waals surface area contributed by atoms with Gasteiger partial charge in [0.05, 0.1) is 17.6 Å². The lowest BCUT2D eigenvalue weighted by Gasteiger charge is -2.39. The van der Waals surface area contributed by atoms with Gasteiger partial charge in [-0.2, -0.15) is 0 Å². The summed E-state index contributed by atoms with van der Waals surface area (Å²) in [7, 11) is 4.17. The second-order valence-corrected chi connectivity index (χ2v) is 7.32. The third kappa shape index (κ3) is 3.90. The van der Waals surface area contributed by atoms with Crippen molar-refractivity contribution in [2.45, 2.75) is 58.9 Å². The van der Waals surface area contributed by atoms with Crippen molar-refractivity contribution in [3.8, 4) is 0 Å². The molecule has 1 aliphatic carbocycles. The van der Waals surface area contributed by atoms with Gasteiger partial charge in [0.2, 0.25) is 0 Å². The number of rotatable bonds is 5. The van der Waals surface area contributed by atoms with Crippen molar-refractivity contribution in [3.05, 3.63) is 18.5 Å². The van der Waals surface area contributed by atoms with E-state index >= 15 is 0 Å². The second-order valence-electron chi connectivity index (χ2n) is 7.32. The molecule has 1 aromatic heterocycles. The van der Waals surface area contributed by atoms with Crippen LogP contribution in [0, 0.1) is 11.3 Å². The van der Waals surface area contributed by atoms with Crippen LogP contribution in [0.4, 0.5) is 11.4 Å². The van der Waals surface area contributed by atoms with Gasteiger partial charge in [-0.15, -0.1) is 0 Å². The van der Waals surface area contributed by atoms with Gasteiger partial charge < -0.3 is 10.2 Å². The van der Waals surface area contributed by atoms with Crippen LogP contribution in [-0.4, -0.2) is 25.1 Å². The van der Waals surface area contributed by atoms with Crippen LogP contribution in [0.15, 0.2) is 18.5 Å². The van der Waals surface area contributed by atoms with Gasteiger partial charge in [-0.25, -0.2) is 0 Å². The molecule has 0 atom stereocenters. The molecule has 21 heavy (non-hydrogen) atoms. The van der Waals surface area contributed by atoms with Crippen molar-refractivity contribution in [1.29, 1.82) is 0 Å². The van der Waals surface area contributed by atoms with Gasteiger partial charge in [0.25, 0.3) is 0 Å². The van der Waals surface area contributed by atoms with Crippen molar-refractivity contribution in [1.82, 2.24) is 4.98 Å². The first-order valence-electron chi connectivity index (χ1n) is 8.32. The summed E-state index contributed by atoms with van der Waals surface area (Å²) in [4.78, 5) is 6.42. The highest BCUT2D eigenvalue weighted by Gasteiger charge is 2.31. The zero-order valence-electron chi connectivity index (χ0n) is 14.3. The smallest absolute Gasteiger partial charge is 0.0766 e. The van der Waals surface area contributed by atoms with E-state index in [-0.39, 0.29) is 0 Å². The van der Waals surface area contributed by atoms with E-state index in [0.717, 1.165) is 5.92 Å². The summed E-state index contributed by atoms with van der Waals surface area (Å²) in [5.74, 6) is 0.878. The number of hydrogen-bond acceptors (Lipinski definition) is 3. The Morgan fingerprint density at radius 3 is 2.48 bits per heavy atom. The zero-order chi connectivity index (χ0) is 15.5. The molecule has 1 saturated carbocycles. The van der Waals surface area contributed by atoms with Crippen molar-refractivity contribution in [2.75, 3.05) is 24.3 Å². The van der Waals surface area contributed by atoms with Crippen LogP contribution in [0.3, 0.4) is 0 Å². The van der Waals surface area contributed by atoms with Crippen molar-refractivity contribution in [2.24, 2.45) is 11.3 Å². The molecule has 1 aromatic rings. The van der Waals surface area contributed by atoms with Gasteiger partial charge in [0, 0.05) is 26.3 Å². The summed E-state index contributed by atoms with van der Waals surface area (Å²) < 4.78 is 0. The minimum absolute atomic E-state index is 0.494. The van der Waals surface area contributed by atoms with E-state index < -0.39 is 0 Å². The minimum atomic E-state index is 0.494. The fourth-order valence-electron chi connectivity index (χ4n) is 3.42. The van der Waals surface area contributed by atoms with Crippen LogP contribution in [0.1, 0.15) is 52.9 Å². The Hall–Kier alpha value is -1.25. The topological polar surface area (TPSA) is 28.2 Å². The van der Waals surface area contributed by atoms with E-state index in [1.807, 2.05) is 12.4 Å². The van der Waals surface area contributed by atoms with E-state index in [9.17, 15) is 0 Å². The lowest BCUT2D eigenvalue weighted by molar-refractivity contribution is 0.147. The molecule has 1 heterocycles. The molecule has 0 bridgehead atoms. The summed E-state index contributed by atoms with van der Waals surface area (Å²) >= 11 is 0. The molecule has 1 N–H and O–H groups in total. The fraction of sp³-hybridized carbons (Fsp3) is 0.722. The Bertz CT molecular complexity index is 446. The molecule has 118 valence electrons. The Morgan fingerprint density at radius 2 is 1.90 bits per heavy atom. The molecular formula is C18H31N3. The van der Waals surface area contributed by atoms with E-state index in [2.05, 4.69) is 56.1 Å². The molecule has 1 aliphatic rings. The van der Waals surface area contributed by atoms with Crippen LogP contribution < -0.4 is 10.2 Å². The van der Waals surface area contributed by atoms with Gasteiger partial charge >= 0.3 is 0 Å². The Morgan fingerprint density at radius 1 is 1.24 bits per heavy atom. The fourth-order valence-corrected chi connectivity index (χ4v) is 3.42. The average Bonchev–Trinajstić information content (AvgIpc) is 2.48. The lowest BCUT2D eigenvalue weighted by atomic mass is 9.69. The van der Waals surface area contributed by atoms with E-state index in [1.165, 1.54) is 43.5 Å². The zero-order valence-corrected chi connectivity index (χ0v) is 14.3. The molecule has 1 fully saturated rings. The number of hydrogen-bond donors (Lipinski definition) is 1. The summed E-state index contributed by atoms with van der Waals surface area (Å²) in [5, 5.41) is 3.72. The highest BCUT2D eigenvalue weighted by atomic mass is 15.1. The maximum atomic E-state index is 4.27. The Balaban J connectivity index is 1.95. The third-order valence-electron chi connectivity index (χ3n) is 5.38. The first-order chi connectivity index (χ1) is 9.94. The van der Waals surface area contributed by atoms with Gasteiger partial charge in [0.1, 0.15) is 0 Å². The van der Waals surface area contributed by atoms with Crippen molar-refractivity contribution < 1.29 is 0 Å². The quantitative estimate of drug-likeness (QED) is 0.861. The molecule has 0 saturated heterocycles. The number of nitrogens with zero attached hydrogens (tertiary/aromatic N) is 2. The van der Waals surface area contributed by atoms with E-state index in [4.69, 9.17) is 0 Å². The second kappa shape index (κ2) is 6.67. The molecule has 3 heteroatoms. The largest absolute Gasteiger partial charge is 0.379 e. The standard InChI is InChI=1S/C18H31N3/c1-6-18(2,3)14-7-9-15(10-8-14)20-16-13-19-12-11-17(16)21(4)5/h11-15,20H,6-10H2,1-5H3. The monoisotopic (exact) mass is 289 g/mol. The molecule has 0 spiro atoms. The van der Waals surface area contributed by atoms with Crippen LogP contribution >= 0.6 is 0 Å². The molecule has 3 nitrogen and oxygen atoms in total. The molecule has 0 aromatic carbocycles. The van der Waals surface area contributed by atoms with Crippen molar-refractivity contribution >= 4 is 11.4 Å². The molecule has 0 unspecified atom stereocenters. The van der Waals surface area contributed by atoms with E-state index in [1.54, 1.807) is 0 Å². The minimum Gasteiger partial charge on any atom is -0.379 e. The predicted octanol–water partition coefficient (Wildman–Crippen LogP) is 4.55. The Kier molecular flexibility index (Phi) is 5.13.